The van der Waals surface area contributed by atoms with Crippen LogP contribution in [0.3, 0.4) is 0 Å². The molecule has 0 aromatic heterocycles. The predicted octanol–water partition coefficient (Wildman–Crippen LogP) is 2.60. The number of nitrogens with two attached hydrogens (primary N) is 1. The van der Waals surface area contributed by atoms with Crippen molar-refractivity contribution in [3.63, 3.8) is 0 Å². The van der Waals surface area contributed by atoms with Gasteiger partial charge in [-0.3, -0.25) is 10.1 Å². The Hall–Kier alpha value is -2.11. The summed E-state index contributed by atoms with van der Waals surface area (Å²) in [5, 5.41) is 18.1. The summed E-state index contributed by atoms with van der Waals surface area (Å²) < 4.78 is 5.45. The van der Waals surface area contributed by atoms with E-state index in [1.807, 2.05) is 20.8 Å². The van der Waals surface area contributed by atoms with Gasteiger partial charge in [0.1, 0.15) is 0 Å². The number of ether oxygens (including phenoxy) is 1. The number of hydrogen-bond acceptors (Lipinski definition) is 5. The number of anilines is 1. The summed E-state index contributed by atoms with van der Waals surface area (Å²) in [6.45, 7) is 6.24. The Morgan fingerprint density at radius 2 is 2.11 bits per heavy atom. The van der Waals surface area contributed by atoms with Crippen LogP contribution in [-0.4, -0.2) is 17.7 Å². The van der Waals surface area contributed by atoms with E-state index in [1.54, 1.807) is 0 Å². The molecule has 0 fully saturated rings. The van der Waals surface area contributed by atoms with Crippen LogP contribution in [0.5, 0.6) is 5.75 Å². The van der Waals surface area contributed by atoms with Crippen molar-refractivity contribution in [3.05, 3.63) is 27.8 Å². The third kappa shape index (κ3) is 3.44. The van der Waals surface area contributed by atoms with Crippen molar-refractivity contribution in [2.24, 2.45) is 5.41 Å². The van der Waals surface area contributed by atoms with Gasteiger partial charge in [0.15, 0.2) is 5.75 Å². The fourth-order valence-electron chi connectivity index (χ4n) is 1.28. The first-order valence-electron chi connectivity index (χ1n) is 5.46. The van der Waals surface area contributed by atoms with Gasteiger partial charge in [-0.2, -0.15) is 0 Å². The standard InChI is InChI=1S/C12H17N3O3/c1-12(2,3)7-18-11-5-9(14)8(6-13)4-10(11)15(16)17/h4-6,13H,7,14H2,1-3H3. The summed E-state index contributed by atoms with van der Waals surface area (Å²) in [6, 6.07) is 2.64. The van der Waals surface area contributed by atoms with E-state index >= 15 is 0 Å². The van der Waals surface area contributed by atoms with Gasteiger partial charge in [0.25, 0.3) is 0 Å². The van der Waals surface area contributed by atoms with Crippen molar-refractivity contribution in [3.8, 4) is 5.75 Å². The molecule has 0 heterocycles. The number of nitrogens with zero attached hydrogens (tertiary/aromatic N) is 1. The molecule has 0 unspecified atom stereocenters. The van der Waals surface area contributed by atoms with Crippen LogP contribution in [0.2, 0.25) is 0 Å². The van der Waals surface area contributed by atoms with E-state index in [0.717, 1.165) is 6.21 Å². The van der Waals surface area contributed by atoms with E-state index in [1.165, 1.54) is 12.1 Å². The second-order valence-electron chi connectivity index (χ2n) is 5.20. The first-order valence-corrected chi connectivity index (χ1v) is 5.46. The number of benzene rings is 1. The van der Waals surface area contributed by atoms with Crippen LogP contribution in [0.4, 0.5) is 11.4 Å². The lowest BCUT2D eigenvalue weighted by molar-refractivity contribution is -0.385. The summed E-state index contributed by atoms with van der Waals surface area (Å²) in [4.78, 5) is 10.4. The third-order valence-electron chi connectivity index (χ3n) is 2.18. The minimum Gasteiger partial charge on any atom is -0.486 e. The SMILES string of the molecule is CC(C)(C)COc1cc(N)c(C=N)cc1[N+](=O)[O-]. The zero-order chi connectivity index (χ0) is 13.9. The van der Waals surface area contributed by atoms with Gasteiger partial charge in [-0.1, -0.05) is 20.8 Å². The Morgan fingerprint density at radius 1 is 1.50 bits per heavy atom. The van der Waals surface area contributed by atoms with Crippen LogP contribution >= 0.6 is 0 Å². The molecule has 0 amide bonds. The molecule has 0 aliphatic heterocycles. The van der Waals surface area contributed by atoms with Gasteiger partial charge in [0.2, 0.25) is 0 Å². The molecule has 1 rings (SSSR count). The molecule has 1 aromatic carbocycles. The summed E-state index contributed by atoms with van der Waals surface area (Å²) in [6.07, 6.45) is 0.982. The highest BCUT2D eigenvalue weighted by molar-refractivity contribution is 5.87. The molecule has 0 saturated carbocycles. The van der Waals surface area contributed by atoms with Crippen LogP contribution in [0.25, 0.3) is 0 Å². The zero-order valence-corrected chi connectivity index (χ0v) is 10.7. The lowest BCUT2D eigenvalue weighted by atomic mass is 9.99. The Kier molecular flexibility index (Phi) is 3.90. The maximum atomic E-state index is 10.9. The van der Waals surface area contributed by atoms with Crippen molar-refractivity contribution in [2.45, 2.75) is 20.8 Å². The maximum absolute atomic E-state index is 10.9. The topological polar surface area (TPSA) is 102 Å². The monoisotopic (exact) mass is 251 g/mol. The Labute approximate surface area is 105 Å². The van der Waals surface area contributed by atoms with Gasteiger partial charge < -0.3 is 15.9 Å². The highest BCUT2D eigenvalue weighted by Crippen LogP contribution is 2.32. The first kappa shape index (κ1) is 14.0. The largest absolute Gasteiger partial charge is 0.486 e. The van der Waals surface area contributed by atoms with Crippen LogP contribution in [-0.2, 0) is 0 Å². The number of nitro groups is 1. The molecule has 6 heteroatoms. The molecule has 0 saturated heterocycles. The van der Waals surface area contributed by atoms with E-state index in [2.05, 4.69) is 0 Å². The molecule has 18 heavy (non-hydrogen) atoms. The van der Waals surface area contributed by atoms with Gasteiger partial charge in [0, 0.05) is 29.6 Å². The Bertz CT molecular complexity index is 478. The quantitative estimate of drug-likeness (QED) is 0.371. The highest BCUT2D eigenvalue weighted by atomic mass is 16.6. The summed E-state index contributed by atoms with van der Waals surface area (Å²) in [5.74, 6) is 0.137. The summed E-state index contributed by atoms with van der Waals surface area (Å²) in [5.41, 5.74) is 6.01. The van der Waals surface area contributed by atoms with Crippen LogP contribution in [0, 0.1) is 20.9 Å². The second kappa shape index (κ2) is 5.03. The van der Waals surface area contributed by atoms with Crippen LogP contribution in [0.15, 0.2) is 12.1 Å². The van der Waals surface area contributed by atoms with E-state index in [4.69, 9.17) is 15.9 Å². The molecule has 0 aliphatic carbocycles. The molecule has 98 valence electrons. The predicted molar refractivity (Wildman–Crippen MR) is 70.3 cm³/mol. The van der Waals surface area contributed by atoms with E-state index in [0.29, 0.717) is 17.9 Å². The van der Waals surface area contributed by atoms with Crippen molar-refractivity contribution in [2.75, 3.05) is 12.3 Å². The highest BCUT2D eigenvalue weighted by Gasteiger charge is 2.20. The van der Waals surface area contributed by atoms with Crippen molar-refractivity contribution < 1.29 is 9.66 Å². The van der Waals surface area contributed by atoms with Gasteiger partial charge in [0.05, 0.1) is 11.5 Å². The molecule has 0 radical (unpaired) electrons. The molecule has 0 atom stereocenters. The second-order valence-corrected chi connectivity index (χ2v) is 5.20. The fraction of sp³-hybridized carbons (Fsp3) is 0.417. The molecule has 6 nitrogen and oxygen atoms in total. The fourth-order valence-corrected chi connectivity index (χ4v) is 1.28. The molecule has 1 aromatic rings. The van der Waals surface area contributed by atoms with E-state index in [-0.39, 0.29) is 16.9 Å². The van der Waals surface area contributed by atoms with E-state index < -0.39 is 4.92 Å². The molecular weight excluding hydrogens is 234 g/mol. The molecule has 0 aliphatic rings. The molecule has 0 spiro atoms. The van der Waals surface area contributed by atoms with Gasteiger partial charge >= 0.3 is 5.69 Å². The summed E-state index contributed by atoms with van der Waals surface area (Å²) >= 11 is 0. The molecular formula is C12H17N3O3. The van der Waals surface area contributed by atoms with Crippen molar-refractivity contribution in [1.82, 2.24) is 0 Å². The van der Waals surface area contributed by atoms with Crippen molar-refractivity contribution in [1.29, 1.82) is 5.41 Å². The normalized spacial score (nSPS) is 11.1. The van der Waals surface area contributed by atoms with Gasteiger partial charge in [-0.15, -0.1) is 0 Å². The Balaban J connectivity index is 3.13. The van der Waals surface area contributed by atoms with Crippen molar-refractivity contribution >= 4 is 17.6 Å². The smallest absolute Gasteiger partial charge is 0.311 e. The maximum Gasteiger partial charge on any atom is 0.311 e. The average molecular weight is 251 g/mol. The first-order chi connectivity index (χ1) is 8.24. The molecule has 3 N–H and O–H groups in total. The zero-order valence-electron chi connectivity index (χ0n) is 10.7. The number of rotatable bonds is 4. The minimum absolute atomic E-state index is 0.108. The number of nitrogens with one attached hydrogen (secondary N) is 1. The number of nitrogen functional groups attached to an aromatic ring is 1. The van der Waals surface area contributed by atoms with Gasteiger partial charge in [-0.05, 0) is 5.41 Å². The number of hydrogen-bond donors (Lipinski definition) is 2. The molecule has 0 bridgehead atoms. The van der Waals surface area contributed by atoms with Gasteiger partial charge in [-0.25, -0.2) is 0 Å². The number of nitro benzene ring substituents is 1. The lowest BCUT2D eigenvalue weighted by Gasteiger charge is -2.19. The third-order valence-corrected chi connectivity index (χ3v) is 2.18. The Morgan fingerprint density at radius 3 is 2.56 bits per heavy atom. The average Bonchev–Trinajstić information content (AvgIpc) is 2.25. The van der Waals surface area contributed by atoms with Crippen LogP contribution in [0.1, 0.15) is 26.3 Å². The minimum atomic E-state index is -0.537. The van der Waals surface area contributed by atoms with Crippen LogP contribution < -0.4 is 10.5 Å². The summed E-state index contributed by atoms with van der Waals surface area (Å²) in [7, 11) is 0. The lowest BCUT2D eigenvalue weighted by Crippen LogP contribution is -2.17. The van der Waals surface area contributed by atoms with E-state index in [9.17, 15) is 10.1 Å².